The predicted molar refractivity (Wildman–Crippen MR) is 255 cm³/mol. The molecule has 0 fully saturated rings. The highest BCUT2D eigenvalue weighted by Crippen LogP contribution is 2.53. The van der Waals surface area contributed by atoms with Crippen LogP contribution in [0, 0.1) is 0 Å². The molecule has 62 heavy (non-hydrogen) atoms. The zero-order valence-corrected chi connectivity index (χ0v) is 35.1. The molecule has 0 spiro atoms. The van der Waals surface area contributed by atoms with E-state index in [1.165, 1.54) is 77.2 Å². The Balaban J connectivity index is 0.854. The summed E-state index contributed by atoms with van der Waals surface area (Å²) in [6, 6.07) is 61.4. The van der Waals surface area contributed by atoms with Gasteiger partial charge in [0.1, 0.15) is 0 Å². The van der Waals surface area contributed by atoms with Crippen molar-refractivity contribution in [1.82, 2.24) is 19.9 Å². The van der Waals surface area contributed by atoms with Crippen LogP contribution in [0.25, 0.3) is 100 Å². The van der Waals surface area contributed by atoms with E-state index < -0.39 is 0 Å². The van der Waals surface area contributed by atoms with Crippen molar-refractivity contribution in [2.45, 2.75) is 38.5 Å². The van der Waals surface area contributed by atoms with Crippen LogP contribution in [0.1, 0.15) is 49.9 Å². The molecule has 0 saturated heterocycles. The summed E-state index contributed by atoms with van der Waals surface area (Å²) in [6.45, 7) is 9.39. The lowest BCUT2D eigenvalue weighted by molar-refractivity contribution is 0.659. The number of fused-ring (bicyclic) bond motifs is 8. The normalized spacial score (nSPS) is 14.1. The molecule has 0 amide bonds. The lowest BCUT2D eigenvalue weighted by Crippen LogP contribution is -2.15. The van der Waals surface area contributed by atoms with E-state index in [4.69, 9.17) is 19.9 Å². The van der Waals surface area contributed by atoms with Gasteiger partial charge in [-0.1, -0.05) is 161 Å². The van der Waals surface area contributed by atoms with Gasteiger partial charge in [0.15, 0.2) is 11.6 Å². The van der Waals surface area contributed by atoms with Crippen LogP contribution in [-0.4, -0.2) is 19.9 Å². The summed E-state index contributed by atoms with van der Waals surface area (Å²) in [5.41, 5.74) is 18.6. The molecular formula is C58H42N4. The first-order valence-corrected chi connectivity index (χ1v) is 21.4. The minimum absolute atomic E-state index is 0.209. The van der Waals surface area contributed by atoms with Crippen LogP contribution in [0.2, 0.25) is 0 Å². The van der Waals surface area contributed by atoms with Crippen molar-refractivity contribution in [2.75, 3.05) is 0 Å². The van der Waals surface area contributed by atoms with Crippen molar-refractivity contribution in [3.05, 3.63) is 205 Å². The predicted octanol–water partition coefficient (Wildman–Crippen LogP) is 14.5. The van der Waals surface area contributed by atoms with Crippen LogP contribution >= 0.6 is 0 Å². The Hall–Kier alpha value is -7.56. The van der Waals surface area contributed by atoms with Gasteiger partial charge in [0.25, 0.3) is 0 Å². The molecule has 8 aromatic carbocycles. The largest absolute Gasteiger partial charge is 0.237 e. The first kappa shape index (κ1) is 36.3. The van der Waals surface area contributed by atoms with Crippen molar-refractivity contribution in [3.63, 3.8) is 0 Å². The number of nitrogens with zero attached hydrogens (tertiary/aromatic N) is 4. The van der Waals surface area contributed by atoms with Gasteiger partial charge in [0.2, 0.25) is 0 Å². The Morgan fingerprint density at radius 2 is 0.677 bits per heavy atom. The van der Waals surface area contributed by atoms with Crippen LogP contribution in [-0.2, 0) is 10.8 Å². The van der Waals surface area contributed by atoms with Gasteiger partial charge < -0.3 is 0 Å². The number of hydrogen-bond donors (Lipinski definition) is 0. The fraction of sp³-hybridized carbons (Fsp3) is 0.103. The third-order valence-electron chi connectivity index (χ3n) is 13.6. The van der Waals surface area contributed by atoms with Gasteiger partial charge in [-0.25, -0.2) is 19.9 Å². The average molecular weight is 795 g/mol. The van der Waals surface area contributed by atoms with Gasteiger partial charge in [-0.05, 0) is 114 Å². The molecular weight excluding hydrogens is 753 g/mol. The number of benzene rings is 8. The van der Waals surface area contributed by atoms with E-state index >= 15 is 0 Å². The summed E-state index contributed by atoms with van der Waals surface area (Å²) in [7, 11) is 0. The summed E-state index contributed by atoms with van der Waals surface area (Å²) < 4.78 is 0. The van der Waals surface area contributed by atoms with E-state index in [1.54, 1.807) is 0 Å². The van der Waals surface area contributed by atoms with Gasteiger partial charge in [-0.2, -0.15) is 0 Å². The molecule has 4 nitrogen and oxygen atoms in total. The van der Waals surface area contributed by atoms with Crippen molar-refractivity contribution < 1.29 is 0 Å². The third-order valence-corrected chi connectivity index (χ3v) is 13.6. The molecule has 10 aromatic rings. The second-order valence-corrected chi connectivity index (χ2v) is 17.9. The zero-order chi connectivity index (χ0) is 41.7. The average Bonchev–Trinajstić information content (AvgIpc) is 3.69. The number of rotatable bonds is 5. The first-order chi connectivity index (χ1) is 30.2. The molecule has 2 aliphatic rings. The number of hydrogen-bond acceptors (Lipinski definition) is 4. The van der Waals surface area contributed by atoms with Gasteiger partial charge in [0, 0.05) is 45.5 Å². The van der Waals surface area contributed by atoms with Crippen molar-refractivity contribution >= 4 is 21.5 Å². The molecule has 0 radical (unpaired) electrons. The van der Waals surface area contributed by atoms with Crippen molar-refractivity contribution in [2.24, 2.45) is 0 Å². The van der Waals surface area contributed by atoms with E-state index in [0.717, 1.165) is 45.3 Å². The lowest BCUT2D eigenvalue weighted by Gasteiger charge is -2.24. The third kappa shape index (κ3) is 5.53. The Morgan fingerprint density at radius 3 is 1.10 bits per heavy atom. The smallest absolute Gasteiger partial charge is 0.159 e. The van der Waals surface area contributed by atoms with Gasteiger partial charge >= 0.3 is 0 Å². The summed E-state index contributed by atoms with van der Waals surface area (Å²) in [4.78, 5) is 19.8. The minimum atomic E-state index is -0.209. The minimum Gasteiger partial charge on any atom is -0.237 e. The topological polar surface area (TPSA) is 51.6 Å². The monoisotopic (exact) mass is 794 g/mol. The molecule has 0 saturated carbocycles. The first-order valence-electron chi connectivity index (χ1n) is 21.4. The molecule has 0 atom stereocenters. The van der Waals surface area contributed by atoms with E-state index in [0.29, 0.717) is 0 Å². The lowest BCUT2D eigenvalue weighted by atomic mass is 9.80. The van der Waals surface area contributed by atoms with E-state index in [1.807, 2.05) is 24.5 Å². The Morgan fingerprint density at radius 1 is 0.323 bits per heavy atom. The molecule has 0 N–H and O–H groups in total. The second-order valence-electron chi connectivity index (χ2n) is 17.9. The molecule has 2 aliphatic carbocycles. The van der Waals surface area contributed by atoms with E-state index in [9.17, 15) is 0 Å². The summed E-state index contributed by atoms with van der Waals surface area (Å²) >= 11 is 0. The maximum absolute atomic E-state index is 5.12. The van der Waals surface area contributed by atoms with E-state index in [2.05, 4.69) is 185 Å². The number of aromatic nitrogens is 4. The summed E-state index contributed by atoms with van der Waals surface area (Å²) in [6.07, 6.45) is 3.77. The van der Waals surface area contributed by atoms with Crippen LogP contribution in [0.15, 0.2) is 182 Å². The van der Waals surface area contributed by atoms with Crippen LogP contribution in [0.3, 0.4) is 0 Å². The molecule has 0 aliphatic heterocycles. The fourth-order valence-corrected chi connectivity index (χ4v) is 10.3. The fourth-order valence-electron chi connectivity index (χ4n) is 10.3. The molecule has 0 unspecified atom stereocenters. The molecule has 4 heteroatoms. The quantitative estimate of drug-likeness (QED) is 0.174. The van der Waals surface area contributed by atoms with Crippen LogP contribution in [0.5, 0.6) is 0 Å². The summed E-state index contributed by atoms with van der Waals surface area (Å²) in [5.74, 6) is 1.48. The van der Waals surface area contributed by atoms with Gasteiger partial charge in [-0.3, -0.25) is 0 Å². The molecule has 0 bridgehead atoms. The maximum atomic E-state index is 5.12. The Labute approximate surface area is 361 Å². The van der Waals surface area contributed by atoms with Crippen LogP contribution in [0.4, 0.5) is 0 Å². The van der Waals surface area contributed by atoms with E-state index in [-0.39, 0.29) is 10.8 Å². The maximum Gasteiger partial charge on any atom is 0.159 e. The Kier molecular flexibility index (Phi) is 7.89. The van der Waals surface area contributed by atoms with Crippen molar-refractivity contribution in [1.29, 1.82) is 0 Å². The van der Waals surface area contributed by atoms with Crippen molar-refractivity contribution in [3.8, 4) is 78.7 Å². The molecule has 2 heterocycles. The van der Waals surface area contributed by atoms with Gasteiger partial charge in [0.05, 0.1) is 11.4 Å². The highest BCUT2D eigenvalue weighted by molar-refractivity contribution is 5.97. The molecule has 12 rings (SSSR count). The molecule has 294 valence electrons. The van der Waals surface area contributed by atoms with Gasteiger partial charge in [-0.15, -0.1) is 0 Å². The Bertz CT molecular complexity index is 3240. The highest BCUT2D eigenvalue weighted by Gasteiger charge is 2.38. The summed E-state index contributed by atoms with van der Waals surface area (Å²) in [5, 5.41) is 4.79. The second kappa shape index (κ2) is 13.5. The van der Waals surface area contributed by atoms with Crippen LogP contribution < -0.4 is 0 Å². The zero-order valence-electron chi connectivity index (χ0n) is 35.1. The standard InChI is InChI=1S/C58H42N4/c1-57(2)49-31-37(19-23-43(49)45-25-21-39(33-51(45)57)55-59-29-27-53(61-55)47-17-9-13-35-11-5-7-15-41(35)47)38-20-24-44-46-26-22-40(34-52(46)58(3,4)50(44)32-38)56-60-30-28-54(62-56)48-18-10-14-36-12-6-8-16-42(36)48/h5-34H,1-4H3. The molecule has 2 aromatic heterocycles. The SMILES string of the molecule is CC1(C)c2cc(-c3ccc4c(c3)C(C)(C)c3cc(-c5nccc(-c6cccc7ccccc67)n5)ccc3-4)ccc2-c2ccc(-c3nccc(-c4cccc5ccccc45)n3)cc21. The highest BCUT2D eigenvalue weighted by atomic mass is 14.9.